The molecule has 19 heavy (non-hydrogen) atoms. The molecule has 1 atom stereocenters. The van der Waals surface area contributed by atoms with E-state index in [1.807, 2.05) is 20.8 Å². The summed E-state index contributed by atoms with van der Waals surface area (Å²) in [5.74, 6) is -0.606. The smallest absolute Gasteiger partial charge is 0.338 e. The van der Waals surface area contributed by atoms with Crippen LogP contribution in [-0.4, -0.2) is 29.5 Å². The molecule has 1 N–H and O–H groups in total. The van der Waals surface area contributed by atoms with Crippen molar-refractivity contribution in [1.29, 1.82) is 0 Å². The molecule has 5 nitrogen and oxygen atoms in total. The molecule has 0 spiro atoms. The van der Waals surface area contributed by atoms with E-state index < -0.39 is 5.97 Å². The summed E-state index contributed by atoms with van der Waals surface area (Å²) in [6.07, 6.45) is 1.40. The van der Waals surface area contributed by atoms with Gasteiger partial charge < -0.3 is 10.1 Å². The molecule has 0 aliphatic heterocycles. The molecule has 1 aromatic heterocycles. The van der Waals surface area contributed by atoms with Crippen LogP contribution in [0.2, 0.25) is 5.15 Å². The number of carbonyl (C=O) groups is 2. The van der Waals surface area contributed by atoms with Gasteiger partial charge in [-0.15, -0.1) is 0 Å². The van der Waals surface area contributed by atoms with Crippen molar-refractivity contribution in [2.45, 2.75) is 26.8 Å². The summed E-state index contributed by atoms with van der Waals surface area (Å²) >= 11 is 5.66. The van der Waals surface area contributed by atoms with Crippen molar-refractivity contribution in [2.75, 3.05) is 6.61 Å². The molecule has 0 fully saturated rings. The Kier molecular flexibility index (Phi) is 5.76. The fraction of sp³-hybridized carbons (Fsp3) is 0.462. The number of nitrogens with zero attached hydrogens (tertiary/aromatic N) is 1. The van der Waals surface area contributed by atoms with Crippen LogP contribution >= 0.6 is 11.6 Å². The SMILES string of the molecule is CC(C)C(C)NC(=O)COC(=O)c1ccnc(Cl)c1. The van der Waals surface area contributed by atoms with E-state index in [0.717, 1.165) is 0 Å². The minimum Gasteiger partial charge on any atom is -0.452 e. The number of nitrogens with one attached hydrogen (secondary N) is 1. The van der Waals surface area contributed by atoms with Crippen molar-refractivity contribution in [2.24, 2.45) is 5.92 Å². The number of hydrogen-bond acceptors (Lipinski definition) is 4. The molecule has 0 saturated heterocycles. The minimum atomic E-state index is -0.600. The maximum atomic E-state index is 11.6. The van der Waals surface area contributed by atoms with Crippen molar-refractivity contribution in [3.8, 4) is 0 Å². The first-order valence-electron chi connectivity index (χ1n) is 5.98. The molecule has 0 saturated carbocycles. The normalized spacial score (nSPS) is 12.1. The fourth-order valence-corrected chi connectivity index (χ4v) is 1.38. The fourth-order valence-electron chi connectivity index (χ4n) is 1.21. The number of amides is 1. The van der Waals surface area contributed by atoms with Gasteiger partial charge in [-0.3, -0.25) is 4.79 Å². The minimum absolute atomic E-state index is 0.0292. The third-order valence-electron chi connectivity index (χ3n) is 2.69. The van der Waals surface area contributed by atoms with Crippen molar-refractivity contribution in [3.05, 3.63) is 29.0 Å². The predicted octanol–water partition coefficient (Wildman–Crippen LogP) is 2.05. The highest BCUT2D eigenvalue weighted by Crippen LogP contribution is 2.08. The van der Waals surface area contributed by atoms with Crippen LogP contribution in [0.4, 0.5) is 0 Å². The Morgan fingerprint density at radius 3 is 2.68 bits per heavy atom. The van der Waals surface area contributed by atoms with E-state index in [1.54, 1.807) is 0 Å². The number of carbonyl (C=O) groups excluding carboxylic acids is 2. The summed E-state index contributed by atoms with van der Waals surface area (Å²) in [7, 11) is 0. The lowest BCUT2D eigenvalue weighted by molar-refractivity contribution is -0.125. The summed E-state index contributed by atoms with van der Waals surface area (Å²) < 4.78 is 4.89. The number of rotatable bonds is 5. The predicted molar refractivity (Wildman–Crippen MR) is 72.0 cm³/mol. The zero-order valence-corrected chi connectivity index (χ0v) is 11.9. The van der Waals surface area contributed by atoms with Gasteiger partial charge in [0.15, 0.2) is 6.61 Å². The van der Waals surface area contributed by atoms with Crippen molar-refractivity contribution in [1.82, 2.24) is 10.3 Å². The Morgan fingerprint density at radius 2 is 2.11 bits per heavy atom. The highest BCUT2D eigenvalue weighted by atomic mass is 35.5. The number of esters is 1. The summed E-state index contributed by atoms with van der Waals surface area (Å²) in [4.78, 5) is 26.9. The highest BCUT2D eigenvalue weighted by molar-refractivity contribution is 6.29. The zero-order valence-electron chi connectivity index (χ0n) is 11.1. The standard InChI is InChI=1S/C13H17ClN2O3/c1-8(2)9(3)16-12(17)7-19-13(18)10-4-5-15-11(14)6-10/h4-6,8-9H,7H2,1-3H3,(H,16,17). The quantitative estimate of drug-likeness (QED) is 0.664. The van der Waals surface area contributed by atoms with E-state index in [0.29, 0.717) is 5.92 Å². The van der Waals surface area contributed by atoms with Crippen molar-refractivity contribution in [3.63, 3.8) is 0 Å². The van der Waals surface area contributed by atoms with Gasteiger partial charge in [0.05, 0.1) is 5.56 Å². The Bertz CT molecular complexity index is 463. The van der Waals surface area contributed by atoms with E-state index in [9.17, 15) is 9.59 Å². The van der Waals surface area contributed by atoms with Crippen LogP contribution in [0.5, 0.6) is 0 Å². The van der Waals surface area contributed by atoms with Gasteiger partial charge in [-0.25, -0.2) is 9.78 Å². The molecule has 1 rings (SSSR count). The van der Waals surface area contributed by atoms with E-state index in [2.05, 4.69) is 10.3 Å². The molecule has 6 heteroatoms. The largest absolute Gasteiger partial charge is 0.452 e. The first-order valence-corrected chi connectivity index (χ1v) is 6.36. The maximum absolute atomic E-state index is 11.6. The van der Waals surface area contributed by atoms with Gasteiger partial charge in [0.2, 0.25) is 0 Å². The van der Waals surface area contributed by atoms with Gasteiger partial charge in [0.1, 0.15) is 5.15 Å². The van der Waals surface area contributed by atoms with Gasteiger partial charge in [-0.2, -0.15) is 0 Å². The summed E-state index contributed by atoms with van der Waals surface area (Å²) in [5.41, 5.74) is 0.268. The first kappa shape index (κ1) is 15.4. The second-order valence-electron chi connectivity index (χ2n) is 4.54. The van der Waals surface area contributed by atoms with Crippen LogP contribution in [-0.2, 0) is 9.53 Å². The number of aromatic nitrogens is 1. The lowest BCUT2D eigenvalue weighted by Crippen LogP contribution is -2.38. The van der Waals surface area contributed by atoms with Gasteiger partial charge in [0, 0.05) is 12.2 Å². The number of hydrogen-bond donors (Lipinski definition) is 1. The average Bonchev–Trinajstić information content (AvgIpc) is 2.35. The summed E-state index contributed by atoms with van der Waals surface area (Å²) in [5, 5.41) is 2.94. The molecule has 104 valence electrons. The lowest BCUT2D eigenvalue weighted by Gasteiger charge is -2.17. The molecule has 0 aliphatic carbocycles. The molecule has 1 aromatic rings. The van der Waals surface area contributed by atoms with Gasteiger partial charge in [-0.1, -0.05) is 25.4 Å². The van der Waals surface area contributed by atoms with E-state index in [4.69, 9.17) is 16.3 Å². The summed E-state index contributed by atoms with van der Waals surface area (Å²) in [6, 6.07) is 2.89. The van der Waals surface area contributed by atoms with Crippen LogP contribution in [0.1, 0.15) is 31.1 Å². The van der Waals surface area contributed by atoms with E-state index in [-0.39, 0.29) is 29.3 Å². The Balaban J connectivity index is 2.44. The van der Waals surface area contributed by atoms with Gasteiger partial charge in [-0.05, 0) is 25.0 Å². The zero-order chi connectivity index (χ0) is 14.4. The highest BCUT2D eigenvalue weighted by Gasteiger charge is 2.14. The first-order chi connectivity index (χ1) is 8.90. The molecule has 1 unspecified atom stereocenters. The molecule has 0 aliphatic rings. The third-order valence-corrected chi connectivity index (χ3v) is 2.89. The average molecular weight is 285 g/mol. The second-order valence-corrected chi connectivity index (χ2v) is 4.93. The van der Waals surface area contributed by atoms with E-state index in [1.165, 1.54) is 18.3 Å². The topological polar surface area (TPSA) is 68.3 Å². The number of halogens is 1. The Labute approximate surface area is 117 Å². The van der Waals surface area contributed by atoms with Crippen LogP contribution in [0.15, 0.2) is 18.3 Å². The lowest BCUT2D eigenvalue weighted by atomic mass is 10.1. The monoisotopic (exact) mass is 284 g/mol. The second kappa shape index (κ2) is 7.09. The molecular formula is C13H17ClN2O3. The van der Waals surface area contributed by atoms with Gasteiger partial charge in [0.25, 0.3) is 5.91 Å². The van der Waals surface area contributed by atoms with Crippen molar-refractivity contribution >= 4 is 23.5 Å². The molecule has 1 heterocycles. The van der Waals surface area contributed by atoms with Crippen molar-refractivity contribution < 1.29 is 14.3 Å². The maximum Gasteiger partial charge on any atom is 0.338 e. The van der Waals surface area contributed by atoms with E-state index >= 15 is 0 Å². The van der Waals surface area contributed by atoms with Crippen LogP contribution in [0.25, 0.3) is 0 Å². The van der Waals surface area contributed by atoms with Crippen LogP contribution < -0.4 is 5.32 Å². The van der Waals surface area contributed by atoms with Gasteiger partial charge >= 0.3 is 5.97 Å². The Morgan fingerprint density at radius 1 is 1.42 bits per heavy atom. The summed E-state index contributed by atoms with van der Waals surface area (Å²) in [6.45, 7) is 5.58. The Hall–Kier alpha value is -1.62. The molecule has 0 aromatic carbocycles. The van der Waals surface area contributed by atoms with Crippen LogP contribution in [0.3, 0.4) is 0 Å². The molecular weight excluding hydrogens is 268 g/mol. The van der Waals surface area contributed by atoms with Crippen LogP contribution in [0, 0.1) is 5.92 Å². The molecule has 1 amide bonds. The third kappa shape index (κ3) is 5.26. The molecule has 0 radical (unpaired) electrons. The number of pyridine rings is 1. The number of ether oxygens (including phenoxy) is 1. The molecule has 0 bridgehead atoms.